The monoisotopic (exact) mass is 194 g/mol. The molecule has 66 valence electrons. The number of nitrogen functional groups attached to an aromatic ring is 1. The van der Waals surface area contributed by atoms with Gasteiger partial charge in [-0.05, 0) is 17.5 Å². The Morgan fingerprint density at radius 2 is 2.38 bits per heavy atom. The zero-order valence-corrected chi connectivity index (χ0v) is 7.34. The quantitative estimate of drug-likeness (QED) is 0.388. The number of carbonyl (C=O) groups excluding carboxylic acids is 1. The number of hydrazine groups is 1. The predicted molar refractivity (Wildman–Crippen MR) is 49.1 cm³/mol. The number of hydrogen-bond donors (Lipinski definition) is 2. The number of rotatable bonds is 1. The van der Waals surface area contributed by atoms with E-state index in [1.807, 2.05) is 16.9 Å². The Kier molecular flexibility index (Phi) is 1.91. The van der Waals surface area contributed by atoms with Crippen molar-refractivity contribution >= 4 is 27.5 Å². The fraction of sp³-hybridized carbons (Fsp3) is 0. The van der Waals surface area contributed by atoms with Crippen molar-refractivity contribution in [2.24, 2.45) is 5.84 Å². The molecule has 0 radical (unpaired) electrons. The highest BCUT2D eigenvalue weighted by molar-refractivity contribution is 7.16. The minimum atomic E-state index is -0.430. The Labute approximate surface area is 77.5 Å². The molecule has 0 saturated heterocycles. The van der Waals surface area contributed by atoms with E-state index in [2.05, 4.69) is 10.2 Å². The molecule has 2 aromatic heterocycles. The van der Waals surface area contributed by atoms with Crippen molar-refractivity contribution in [1.82, 2.24) is 15.6 Å². The Morgan fingerprint density at radius 3 is 3.15 bits per heavy atom. The summed E-state index contributed by atoms with van der Waals surface area (Å²) in [7, 11) is 0. The van der Waals surface area contributed by atoms with Crippen molar-refractivity contribution in [3.05, 3.63) is 23.2 Å². The van der Waals surface area contributed by atoms with Crippen LogP contribution in [0.2, 0.25) is 0 Å². The lowest BCUT2D eigenvalue weighted by atomic mass is 10.3. The van der Waals surface area contributed by atoms with E-state index in [0.29, 0.717) is 0 Å². The zero-order valence-electron chi connectivity index (χ0n) is 6.52. The molecule has 0 aliphatic carbocycles. The second-order valence-corrected chi connectivity index (χ2v) is 3.28. The highest BCUT2D eigenvalue weighted by Crippen LogP contribution is 2.17. The largest absolute Gasteiger partial charge is 0.289 e. The minimum absolute atomic E-state index is 0.230. The molecule has 2 aromatic rings. The Balaban J connectivity index is 2.54. The maximum atomic E-state index is 11.0. The number of carbonyl (C=O) groups is 1. The molecule has 0 aliphatic rings. The van der Waals surface area contributed by atoms with Gasteiger partial charge >= 0.3 is 0 Å². The molecule has 3 N–H and O–H groups in total. The van der Waals surface area contributed by atoms with Crippen molar-refractivity contribution in [2.75, 3.05) is 0 Å². The van der Waals surface area contributed by atoms with Crippen LogP contribution >= 0.6 is 11.3 Å². The molecule has 6 heteroatoms. The first-order valence-corrected chi connectivity index (χ1v) is 4.41. The SMILES string of the molecule is NNC(=O)c1cc2ccsc2nn1. The Morgan fingerprint density at radius 1 is 1.54 bits per heavy atom. The summed E-state index contributed by atoms with van der Waals surface area (Å²) >= 11 is 1.48. The molecule has 5 nitrogen and oxygen atoms in total. The lowest BCUT2D eigenvalue weighted by Crippen LogP contribution is -2.30. The van der Waals surface area contributed by atoms with Gasteiger partial charge in [-0.3, -0.25) is 10.2 Å². The van der Waals surface area contributed by atoms with E-state index in [0.717, 1.165) is 10.2 Å². The molecule has 0 aliphatic heterocycles. The Bertz CT molecular complexity index is 452. The first-order valence-electron chi connectivity index (χ1n) is 3.53. The Hall–Kier alpha value is -1.53. The summed E-state index contributed by atoms with van der Waals surface area (Å²) in [6, 6.07) is 3.53. The summed E-state index contributed by atoms with van der Waals surface area (Å²) in [5.41, 5.74) is 2.23. The van der Waals surface area contributed by atoms with Gasteiger partial charge < -0.3 is 0 Å². The lowest BCUT2D eigenvalue weighted by Gasteiger charge is -1.96. The van der Waals surface area contributed by atoms with Gasteiger partial charge in [-0.2, -0.15) is 0 Å². The van der Waals surface area contributed by atoms with E-state index >= 15 is 0 Å². The molecule has 0 spiro atoms. The third kappa shape index (κ3) is 1.36. The molecule has 0 bridgehead atoms. The third-order valence-electron chi connectivity index (χ3n) is 1.58. The van der Waals surface area contributed by atoms with Crippen LogP contribution in [0.25, 0.3) is 10.2 Å². The van der Waals surface area contributed by atoms with Gasteiger partial charge in [-0.1, -0.05) is 0 Å². The molecule has 0 aromatic carbocycles. The second-order valence-electron chi connectivity index (χ2n) is 2.38. The van der Waals surface area contributed by atoms with E-state index in [1.54, 1.807) is 6.07 Å². The maximum Gasteiger partial charge on any atom is 0.285 e. The molecule has 1 amide bonds. The van der Waals surface area contributed by atoms with Crippen LogP contribution in [-0.2, 0) is 0 Å². The van der Waals surface area contributed by atoms with E-state index in [-0.39, 0.29) is 5.69 Å². The fourth-order valence-corrected chi connectivity index (χ4v) is 1.66. The van der Waals surface area contributed by atoms with Crippen LogP contribution in [0, 0.1) is 0 Å². The molecule has 0 fully saturated rings. The van der Waals surface area contributed by atoms with Gasteiger partial charge in [0.25, 0.3) is 5.91 Å². The number of nitrogens with one attached hydrogen (secondary N) is 1. The summed E-state index contributed by atoms with van der Waals surface area (Å²) in [5.74, 6) is 4.53. The first-order chi connectivity index (χ1) is 6.31. The standard InChI is InChI=1S/C7H6N4OS/c8-9-6(12)5-3-4-1-2-13-7(4)11-10-5/h1-3H,8H2,(H,9,12). The molecule has 0 saturated carbocycles. The summed E-state index contributed by atoms with van der Waals surface area (Å²) < 4.78 is 0. The highest BCUT2D eigenvalue weighted by Gasteiger charge is 2.07. The van der Waals surface area contributed by atoms with Crippen LogP contribution in [0.3, 0.4) is 0 Å². The molecule has 2 rings (SSSR count). The second kappa shape index (κ2) is 3.08. The van der Waals surface area contributed by atoms with Crippen molar-refractivity contribution in [3.63, 3.8) is 0 Å². The van der Waals surface area contributed by atoms with Gasteiger partial charge in [0.15, 0.2) is 5.69 Å². The molecule has 13 heavy (non-hydrogen) atoms. The lowest BCUT2D eigenvalue weighted by molar-refractivity contribution is 0.0948. The fourth-order valence-electron chi connectivity index (χ4n) is 0.963. The van der Waals surface area contributed by atoms with Crippen molar-refractivity contribution in [3.8, 4) is 0 Å². The van der Waals surface area contributed by atoms with Gasteiger partial charge in [-0.25, -0.2) is 5.84 Å². The maximum absolute atomic E-state index is 11.0. The normalized spacial score (nSPS) is 10.2. The van der Waals surface area contributed by atoms with E-state index < -0.39 is 5.91 Å². The average Bonchev–Trinajstić information content (AvgIpc) is 2.63. The molecule has 0 atom stereocenters. The number of nitrogens with two attached hydrogens (primary N) is 1. The first kappa shape index (κ1) is 8.09. The smallest absolute Gasteiger partial charge is 0.285 e. The van der Waals surface area contributed by atoms with Gasteiger partial charge in [0.1, 0.15) is 4.83 Å². The van der Waals surface area contributed by atoms with Crippen LogP contribution in [0.1, 0.15) is 10.5 Å². The van der Waals surface area contributed by atoms with E-state index in [1.165, 1.54) is 11.3 Å². The van der Waals surface area contributed by atoms with Crippen LogP contribution < -0.4 is 11.3 Å². The number of fused-ring (bicyclic) bond motifs is 1. The van der Waals surface area contributed by atoms with Crippen molar-refractivity contribution in [1.29, 1.82) is 0 Å². The summed E-state index contributed by atoms with van der Waals surface area (Å²) in [5, 5.41) is 10.4. The van der Waals surface area contributed by atoms with Gasteiger partial charge in [0.2, 0.25) is 0 Å². The zero-order chi connectivity index (χ0) is 9.26. The van der Waals surface area contributed by atoms with Gasteiger partial charge in [0, 0.05) is 5.39 Å². The molecular weight excluding hydrogens is 188 g/mol. The average molecular weight is 194 g/mol. The van der Waals surface area contributed by atoms with Crippen LogP contribution in [0.15, 0.2) is 17.5 Å². The summed E-state index contributed by atoms with van der Waals surface area (Å²) in [6.07, 6.45) is 0. The molecular formula is C7H6N4OS. The number of nitrogens with zero attached hydrogens (tertiary/aromatic N) is 2. The van der Waals surface area contributed by atoms with Crippen molar-refractivity contribution < 1.29 is 4.79 Å². The van der Waals surface area contributed by atoms with Crippen LogP contribution in [0.4, 0.5) is 0 Å². The van der Waals surface area contributed by atoms with Crippen molar-refractivity contribution in [2.45, 2.75) is 0 Å². The number of thiophene rings is 1. The summed E-state index contributed by atoms with van der Waals surface area (Å²) in [6.45, 7) is 0. The van der Waals surface area contributed by atoms with E-state index in [9.17, 15) is 4.79 Å². The summed E-state index contributed by atoms with van der Waals surface area (Å²) in [4.78, 5) is 11.9. The number of amides is 1. The third-order valence-corrected chi connectivity index (χ3v) is 2.39. The highest BCUT2D eigenvalue weighted by atomic mass is 32.1. The van der Waals surface area contributed by atoms with Crippen LogP contribution in [-0.4, -0.2) is 16.1 Å². The molecule has 0 unspecified atom stereocenters. The predicted octanol–water partition coefficient (Wildman–Crippen LogP) is 0.295. The van der Waals surface area contributed by atoms with Gasteiger partial charge in [-0.15, -0.1) is 21.5 Å². The van der Waals surface area contributed by atoms with Gasteiger partial charge in [0.05, 0.1) is 0 Å². The minimum Gasteiger partial charge on any atom is -0.289 e. The number of aromatic nitrogens is 2. The van der Waals surface area contributed by atoms with E-state index in [4.69, 9.17) is 5.84 Å². The molecule has 2 heterocycles. The number of hydrogen-bond acceptors (Lipinski definition) is 5. The topological polar surface area (TPSA) is 80.9 Å². The van der Waals surface area contributed by atoms with Crippen LogP contribution in [0.5, 0.6) is 0 Å².